The summed E-state index contributed by atoms with van der Waals surface area (Å²) in [6.45, 7) is 5.34. The van der Waals surface area contributed by atoms with Gasteiger partial charge >= 0.3 is 0 Å². The van der Waals surface area contributed by atoms with Gasteiger partial charge in [-0.05, 0) is 13.8 Å². The molecule has 9 heteroatoms. The average Bonchev–Trinajstić information content (AvgIpc) is 2.90. The maximum absolute atomic E-state index is 12.7. The van der Waals surface area contributed by atoms with Gasteiger partial charge in [0.05, 0.1) is 29.1 Å². The van der Waals surface area contributed by atoms with Crippen molar-refractivity contribution in [3.05, 3.63) is 29.2 Å². The second kappa shape index (κ2) is 6.81. The summed E-state index contributed by atoms with van der Waals surface area (Å²) < 4.78 is 33.3. The maximum Gasteiger partial charge on any atom is 0.180 e. The number of aromatic nitrogens is 4. The van der Waals surface area contributed by atoms with E-state index in [1.165, 1.54) is 12.3 Å². The third-order valence-electron chi connectivity index (χ3n) is 3.91. The Bertz CT molecular complexity index is 1130. The first-order valence-corrected chi connectivity index (χ1v) is 10.2. The van der Waals surface area contributed by atoms with Crippen LogP contribution in [0.5, 0.6) is 5.75 Å². The molecule has 3 heterocycles. The molecule has 3 aromatic heterocycles. The smallest absolute Gasteiger partial charge is 0.180 e. The molecule has 0 atom stereocenters. The second-order valence-corrected chi connectivity index (χ2v) is 8.84. The molecule has 0 radical (unpaired) electrons. The van der Waals surface area contributed by atoms with E-state index in [0.717, 1.165) is 5.52 Å². The number of hydrogen-bond acceptors (Lipinski definition) is 6. The number of H-pyrrole nitrogens is 1. The normalized spacial score (nSPS) is 12.0. The number of aromatic amines is 1. The Morgan fingerprint density at radius 2 is 2.08 bits per heavy atom. The number of sulfone groups is 1. The predicted molar refractivity (Wildman–Crippen MR) is 103 cm³/mol. The van der Waals surface area contributed by atoms with Crippen molar-refractivity contribution >= 4 is 33.1 Å². The lowest BCUT2D eigenvalue weighted by Gasteiger charge is -2.13. The van der Waals surface area contributed by atoms with Gasteiger partial charge in [-0.25, -0.2) is 18.4 Å². The van der Waals surface area contributed by atoms with Crippen LogP contribution in [0.15, 0.2) is 29.4 Å². The molecule has 1 N–H and O–H groups in total. The zero-order chi connectivity index (χ0) is 19.1. The van der Waals surface area contributed by atoms with Crippen LogP contribution >= 0.6 is 12.2 Å². The molecule has 0 fully saturated rings. The lowest BCUT2D eigenvalue weighted by atomic mass is 10.3. The van der Waals surface area contributed by atoms with Gasteiger partial charge in [-0.1, -0.05) is 19.1 Å². The van der Waals surface area contributed by atoms with Crippen molar-refractivity contribution in [1.29, 1.82) is 0 Å². The van der Waals surface area contributed by atoms with Crippen molar-refractivity contribution in [3.8, 4) is 17.3 Å². The maximum atomic E-state index is 12.7. The van der Waals surface area contributed by atoms with Crippen molar-refractivity contribution in [3.63, 3.8) is 0 Å². The number of hydrogen-bond donors (Lipinski definition) is 1. The minimum atomic E-state index is -3.52. The molecule has 0 aliphatic heterocycles. The molecule has 0 bridgehead atoms. The molecule has 7 nitrogen and oxygen atoms in total. The molecule has 0 spiro atoms. The van der Waals surface area contributed by atoms with Gasteiger partial charge in [0.25, 0.3) is 0 Å². The molecule has 138 valence electrons. The predicted octanol–water partition coefficient (Wildman–Crippen LogP) is 3.27. The van der Waals surface area contributed by atoms with E-state index >= 15 is 0 Å². The van der Waals surface area contributed by atoms with Crippen LogP contribution in [0.4, 0.5) is 0 Å². The van der Waals surface area contributed by atoms with E-state index < -0.39 is 9.84 Å². The molecule has 0 aromatic carbocycles. The molecule has 0 saturated carbocycles. The zero-order valence-electron chi connectivity index (χ0n) is 15.0. The SMILES string of the molecule is CCS(=O)(=O)c1cc(OC(C)C)cnc1-c1nc2cc(=S)[nH]cc2n1C. The Kier molecular flexibility index (Phi) is 4.85. The van der Waals surface area contributed by atoms with Crippen molar-refractivity contribution in [2.45, 2.75) is 31.8 Å². The summed E-state index contributed by atoms with van der Waals surface area (Å²) in [4.78, 5) is 12.0. The molecule has 0 unspecified atom stereocenters. The summed E-state index contributed by atoms with van der Waals surface area (Å²) in [6.07, 6.45) is 3.18. The van der Waals surface area contributed by atoms with Crippen LogP contribution in [-0.4, -0.2) is 39.8 Å². The van der Waals surface area contributed by atoms with E-state index in [4.69, 9.17) is 17.0 Å². The highest BCUT2D eigenvalue weighted by molar-refractivity contribution is 7.91. The van der Waals surface area contributed by atoms with Crippen LogP contribution in [0.25, 0.3) is 22.6 Å². The number of ether oxygens (including phenoxy) is 1. The Labute approximate surface area is 157 Å². The molecular formula is C17H20N4O3S2. The van der Waals surface area contributed by atoms with E-state index in [-0.39, 0.29) is 16.8 Å². The van der Waals surface area contributed by atoms with Gasteiger partial charge < -0.3 is 14.3 Å². The third-order valence-corrected chi connectivity index (χ3v) is 5.89. The number of pyridine rings is 2. The lowest BCUT2D eigenvalue weighted by Crippen LogP contribution is -2.11. The van der Waals surface area contributed by atoms with Crippen LogP contribution in [0.2, 0.25) is 0 Å². The number of rotatable bonds is 5. The average molecular weight is 393 g/mol. The van der Waals surface area contributed by atoms with Gasteiger partial charge in [0, 0.05) is 25.4 Å². The van der Waals surface area contributed by atoms with E-state index in [1.807, 2.05) is 20.9 Å². The zero-order valence-corrected chi connectivity index (χ0v) is 16.6. The van der Waals surface area contributed by atoms with E-state index in [1.54, 1.807) is 23.8 Å². The highest BCUT2D eigenvalue weighted by Gasteiger charge is 2.24. The van der Waals surface area contributed by atoms with Gasteiger partial charge in [0.1, 0.15) is 21.0 Å². The number of imidazole rings is 1. The monoisotopic (exact) mass is 392 g/mol. The fourth-order valence-corrected chi connectivity index (χ4v) is 3.87. The molecule has 3 aromatic rings. The summed E-state index contributed by atoms with van der Waals surface area (Å²) >= 11 is 5.14. The van der Waals surface area contributed by atoms with Crippen LogP contribution in [0, 0.1) is 4.64 Å². The Morgan fingerprint density at radius 3 is 2.73 bits per heavy atom. The highest BCUT2D eigenvalue weighted by atomic mass is 32.2. The first kappa shape index (κ1) is 18.5. The lowest BCUT2D eigenvalue weighted by molar-refractivity contribution is 0.241. The largest absolute Gasteiger partial charge is 0.489 e. The van der Waals surface area contributed by atoms with Crippen molar-refractivity contribution in [1.82, 2.24) is 19.5 Å². The van der Waals surface area contributed by atoms with Gasteiger partial charge in [-0.3, -0.25) is 0 Å². The number of nitrogens with one attached hydrogen (secondary N) is 1. The third kappa shape index (κ3) is 3.36. The first-order chi connectivity index (χ1) is 12.2. The van der Waals surface area contributed by atoms with Crippen molar-refractivity contribution < 1.29 is 13.2 Å². The summed E-state index contributed by atoms with van der Waals surface area (Å²) in [5.41, 5.74) is 1.78. The van der Waals surface area contributed by atoms with Crippen LogP contribution in [0.1, 0.15) is 20.8 Å². The molecule has 3 rings (SSSR count). The van der Waals surface area contributed by atoms with Crippen LogP contribution < -0.4 is 4.74 Å². The van der Waals surface area contributed by atoms with Crippen LogP contribution in [-0.2, 0) is 16.9 Å². The fourth-order valence-electron chi connectivity index (χ4n) is 2.65. The van der Waals surface area contributed by atoms with Gasteiger partial charge in [-0.15, -0.1) is 0 Å². The molecule has 0 amide bonds. The quantitative estimate of drug-likeness (QED) is 0.670. The second-order valence-electron chi connectivity index (χ2n) is 6.15. The standard InChI is InChI=1S/C17H20N4O3S2/c1-5-26(22,23)14-6-11(24-10(2)3)8-19-16(14)17-20-12-7-15(25)18-9-13(12)21(17)4/h6-10H,5H2,1-4H3,(H,18,25). The van der Waals surface area contributed by atoms with Crippen molar-refractivity contribution in [2.24, 2.45) is 7.05 Å². The number of fused-ring (bicyclic) bond motifs is 1. The Balaban J connectivity index is 2.27. The van der Waals surface area contributed by atoms with E-state index in [0.29, 0.717) is 27.4 Å². The Morgan fingerprint density at radius 1 is 1.35 bits per heavy atom. The Hall–Kier alpha value is -2.26. The molecule has 26 heavy (non-hydrogen) atoms. The summed E-state index contributed by atoms with van der Waals surface area (Å²) in [7, 11) is -1.71. The fraction of sp³-hybridized carbons (Fsp3) is 0.353. The number of aryl methyl sites for hydroxylation is 1. The topological polar surface area (TPSA) is 89.9 Å². The molecule has 0 aliphatic carbocycles. The first-order valence-electron chi connectivity index (χ1n) is 8.18. The van der Waals surface area contributed by atoms with E-state index in [9.17, 15) is 8.42 Å². The van der Waals surface area contributed by atoms with Gasteiger partial charge in [0.2, 0.25) is 0 Å². The molecule has 0 aliphatic rings. The molecular weight excluding hydrogens is 372 g/mol. The number of nitrogens with zero attached hydrogens (tertiary/aromatic N) is 3. The van der Waals surface area contributed by atoms with Gasteiger partial charge in [0.15, 0.2) is 15.7 Å². The highest BCUT2D eigenvalue weighted by Crippen LogP contribution is 2.30. The minimum Gasteiger partial charge on any atom is -0.489 e. The van der Waals surface area contributed by atoms with Crippen molar-refractivity contribution in [2.75, 3.05) is 5.75 Å². The van der Waals surface area contributed by atoms with E-state index in [2.05, 4.69) is 15.0 Å². The summed E-state index contributed by atoms with van der Waals surface area (Å²) in [5.74, 6) is 0.828. The van der Waals surface area contributed by atoms with Crippen LogP contribution in [0.3, 0.4) is 0 Å². The summed E-state index contributed by atoms with van der Waals surface area (Å²) in [6, 6.07) is 3.25. The minimum absolute atomic E-state index is 0.0408. The van der Waals surface area contributed by atoms with Gasteiger partial charge in [-0.2, -0.15) is 0 Å². The summed E-state index contributed by atoms with van der Waals surface area (Å²) in [5, 5.41) is 0. The molecule has 0 saturated heterocycles.